The van der Waals surface area contributed by atoms with Crippen molar-refractivity contribution in [1.82, 2.24) is 10.2 Å². The maximum atomic E-state index is 10.6. The highest BCUT2D eigenvalue weighted by Gasteiger charge is 2.19. The van der Waals surface area contributed by atoms with E-state index in [9.17, 15) is 4.79 Å². The first kappa shape index (κ1) is 11.2. The topological polar surface area (TPSA) is 84.4 Å². The van der Waals surface area contributed by atoms with Crippen molar-refractivity contribution >= 4 is 23.2 Å². The third kappa shape index (κ3) is 3.89. The van der Waals surface area contributed by atoms with E-state index in [2.05, 4.69) is 10.2 Å². The van der Waals surface area contributed by atoms with Gasteiger partial charge in [0, 0.05) is 25.7 Å². The van der Waals surface area contributed by atoms with Crippen molar-refractivity contribution in [3.63, 3.8) is 0 Å². The molecule has 2 amide bonds. The van der Waals surface area contributed by atoms with Crippen LogP contribution in [0.5, 0.6) is 0 Å². The molecule has 0 spiro atoms. The molecule has 1 aliphatic heterocycles. The van der Waals surface area contributed by atoms with Gasteiger partial charge in [-0.3, -0.25) is 4.90 Å². The molecule has 1 heterocycles. The van der Waals surface area contributed by atoms with Crippen LogP contribution >= 0.6 is 12.2 Å². The summed E-state index contributed by atoms with van der Waals surface area (Å²) in [6.07, 6.45) is 1.82. The van der Waals surface area contributed by atoms with Gasteiger partial charge in [-0.05, 0) is 12.8 Å². The Morgan fingerprint density at radius 2 is 2.00 bits per heavy atom. The zero-order valence-electron chi connectivity index (χ0n) is 8.03. The van der Waals surface area contributed by atoms with Crippen molar-refractivity contribution in [1.29, 1.82) is 0 Å². The Morgan fingerprint density at radius 1 is 1.43 bits per heavy atom. The lowest BCUT2D eigenvalue weighted by atomic mass is 10.1. The van der Waals surface area contributed by atoms with Crippen LogP contribution in [-0.4, -0.2) is 41.6 Å². The van der Waals surface area contributed by atoms with E-state index in [1.807, 2.05) is 0 Å². The van der Waals surface area contributed by atoms with Crippen molar-refractivity contribution in [2.24, 2.45) is 11.5 Å². The van der Waals surface area contributed by atoms with E-state index in [4.69, 9.17) is 23.7 Å². The molecule has 14 heavy (non-hydrogen) atoms. The fourth-order valence-corrected chi connectivity index (χ4v) is 1.84. The average molecular weight is 216 g/mol. The summed E-state index contributed by atoms with van der Waals surface area (Å²) >= 11 is 4.82. The molecule has 0 aromatic heterocycles. The van der Waals surface area contributed by atoms with Crippen LogP contribution in [0.4, 0.5) is 4.79 Å². The number of carbonyl (C=O) groups excluding carboxylic acids is 1. The largest absolute Gasteiger partial charge is 0.392 e. The molecule has 1 fully saturated rings. The number of piperidine rings is 1. The van der Waals surface area contributed by atoms with Crippen molar-refractivity contribution in [2.75, 3.05) is 19.6 Å². The predicted molar refractivity (Wildman–Crippen MR) is 59.0 cm³/mol. The number of likely N-dealkylation sites (tertiary alicyclic amines) is 1. The summed E-state index contributed by atoms with van der Waals surface area (Å²) in [5.41, 5.74) is 10.5. The number of rotatable bonds is 3. The van der Waals surface area contributed by atoms with Crippen LogP contribution in [0.1, 0.15) is 12.8 Å². The number of thiocarbonyl (C=S) groups is 1. The molecule has 0 aliphatic carbocycles. The van der Waals surface area contributed by atoms with E-state index in [1.54, 1.807) is 0 Å². The predicted octanol–water partition coefficient (Wildman–Crippen LogP) is -0.595. The number of urea groups is 1. The number of nitrogens with one attached hydrogen (secondary N) is 1. The van der Waals surface area contributed by atoms with Gasteiger partial charge < -0.3 is 16.8 Å². The Balaban J connectivity index is 2.24. The standard InChI is InChI=1S/C8H16N4OS/c9-7(14)5-12-3-1-6(2-4-12)11-8(10)13/h6H,1-5H2,(H2,9,14)(H3,10,11,13). The number of hydrogen-bond donors (Lipinski definition) is 3. The Labute approximate surface area is 88.8 Å². The molecular weight excluding hydrogens is 200 g/mol. The molecule has 0 bridgehead atoms. The molecule has 0 aromatic rings. The third-order valence-corrected chi connectivity index (χ3v) is 2.44. The third-order valence-electron chi connectivity index (χ3n) is 2.31. The molecular formula is C8H16N4OS. The van der Waals surface area contributed by atoms with Crippen LogP contribution in [0.25, 0.3) is 0 Å². The Bertz CT molecular complexity index is 201. The molecule has 0 aromatic carbocycles. The molecule has 0 radical (unpaired) electrons. The summed E-state index contributed by atoms with van der Waals surface area (Å²) in [4.78, 5) is 13.3. The van der Waals surface area contributed by atoms with Gasteiger partial charge in [0.15, 0.2) is 0 Å². The zero-order valence-corrected chi connectivity index (χ0v) is 8.85. The lowest BCUT2D eigenvalue weighted by molar-refractivity contribution is 0.211. The van der Waals surface area contributed by atoms with Crippen molar-refractivity contribution in [2.45, 2.75) is 18.9 Å². The van der Waals surface area contributed by atoms with Gasteiger partial charge in [0.2, 0.25) is 0 Å². The fraction of sp³-hybridized carbons (Fsp3) is 0.750. The highest BCUT2D eigenvalue weighted by atomic mass is 32.1. The minimum atomic E-state index is -0.446. The monoisotopic (exact) mass is 216 g/mol. The first-order chi connectivity index (χ1) is 6.58. The van der Waals surface area contributed by atoms with E-state index in [0.717, 1.165) is 25.9 Å². The van der Waals surface area contributed by atoms with Crippen LogP contribution in [0.15, 0.2) is 0 Å². The lowest BCUT2D eigenvalue weighted by Gasteiger charge is -2.31. The quantitative estimate of drug-likeness (QED) is 0.550. The summed E-state index contributed by atoms with van der Waals surface area (Å²) in [6, 6.07) is -0.243. The van der Waals surface area contributed by atoms with Gasteiger partial charge >= 0.3 is 6.03 Å². The lowest BCUT2D eigenvalue weighted by Crippen LogP contribution is -2.47. The Hall–Kier alpha value is -0.880. The van der Waals surface area contributed by atoms with E-state index in [0.29, 0.717) is 11.5 Å². The number of carbonyl (C=O) groups is 1. The number of nitrogens with two attached hydrogens (primary N) is 2. The number of nitrogens with zero attached hydrogens (tertiary/aromatic N) is 1. The second-order valence-electron chi connectivity index (χ2n) is 3.53. The zero-order chi connectivity index (χ0) is 10.6. The van der Waals surface area contributed by atoms with Crippen LogP contribution < -0.4 is 16.8 Å². The highest BCUT2D eigenvalue weighted by molar-refractivity contribution is 7.80. The van der Waals surface area contributed by atoms with Gasteiger partial charge in [0.1, 0.15) is 0 Å². The molecule has 1 saturated heterocycles. The molecule has 1 rings (SSSR count). The summed E-state index contributed by atoms with van der Waals surface area (Å²) in [5.74, 6) is 0. The average Bonchev–Trinajstić information content (AvgIpc) is 2.06. The first-order valence-electron chi connectivity index (χ1n) is 4.64. The summed E-state index contributed by atoms with van der Waals surface area (Å²) in [6.45, 7) is 2.48. The molecule has 0 unspecified atom stereocenters. The Kier molecular flexibility index (Phi) is 4.09. The fourth-order valence-electron chi connectivity index (χ4n) is 1.66. The summed E-state index contributed by atoms with van der Waals surface area (Å²) < 4.78 is 0. The second-order valence-corrected chi connectivity index (χ2v) is 4.05. The number of amides is 2. The highest BCUT2D eigenvalue weighted by Crippen LogP contribution is 2.09. The normalized spacial score (nSPS) is 19.1. The molecule has 5 nitrogen and oxygen atoms in total. The second kappa shape index (κ2) is 5.11. The van der Waals surface area contributed by atoms with Gasteiger partial charge in [-0.2, -0.15) is 0 Å². The van der Waals surface area contributed by atoms with E-state index in [-0.39, 0.29) is 6.04 Å². The Morgan fingerprint density at radius 3 is 2.43 bits per heavy atom. The van der Waals surface area contributed by atoms with Gasteiger partial charge in [-0.15, -0.1) is 0 Å². The van der Waals surface area contributed by atoms with E-state index < -0.39 is 6.03 Å². The molecule has 0 atom stereocenters. The minimum absolute atomic E-state index is 0.204. The van der Waals surface area contributed by atoms with E-state index in [1.165, 1.54) is 0 Å². The van der Waals surface area contributed by atoms with Crippen LogP contribution in [0.2, 0.25) is 0 Å². The first-order valence-corrected chi connectivity index (χ1v) is 5.05. The summed E-state index contributed by atoms with van der Waals surface area (Å²) in [7, 11) is 0. The van der Waals surface area contributed by atoms with Gasteiger partial charge in [-0.1, -0.05) is 12.2 Å². The molecule has 5 N–H and O–H groups in total. The minimum Gasteiger partial charge on any atom is -0.392 e. The van der Waals surface area contributed by atoms with Gasteiger partial charge in [0.25, 0.3) is 0 Å². The molecule has 6 heteroatoms. The van der Waals surface area contributed by atoms with Gasteiger partial charge in [0.05, 0.1) is 4.99 Å². The van der Waals surface area contributed by atoms with Crippen LogP contribution in [0.3, 0.4) is 0 Å². The van der Waals surface area contributed by atoms with Crippen LogP contribution in [0, 0.1) is 0 Å². The SMILES string of the molecule is NC(=O)NC1CCN(CC(N)=S)CC1. The summed E-state index contributed by atoms with van der Waals surface area (Å²) in [5, 5.41) is 2.70. The number of hydrogen-bond acceptors (Lipinski definition) is 3. The molecule has 1 aliphatic rings. The van der Waals surface area contributed by atoms with Crippen molar-refractivity contribution in [3.8, 4) is 0 Å². The maximum absolute atomic E-state index is 10.6. The number of primary amides is 1. The van der Waals surface area contributed by atoms with Gasteiger partial charge in [-0.25, -0.2) is 4.79 Å². The smallest absolute Gasteiger partial charge is 0.312 e. The van der Waals surface area contributed by atoms with E-state index >= 15 is 0 Å². The molecule has 0 saturated carbocycles. The van der Waals surface area contributed by atoms with Crippen molar-refractivity contribution in [3.05, 3.63) is 0 Å². The maximum Gasteiger partial charge on any atom is 0.312 e. The van der Waals surface area contributed by atoms with Crippen molar-refractivity contribution < 1.29 is 4.79 Å². The van der Waals surface area contributed by atoms with Crippen LogP contribution in [-0.2, 0) is 0 Å². The molecule has 80 valence electrons.